The number of nitrogens with one attached hydrogen (secondary N) is 1. The highest BCUT2D eigenvalue weighted by atomic mass is 32.2. The molecule has 1 aromatic carbocycles. The Bertz CT molecular complexity index is 639. The minimum Gasteiger partial charge on any atom is -0.315 e. The molecular formula is C13H19N3O4S. The van der Waals surface area contributed by atoms with Crippen molar-refractivity contribution < 1.29 is 13.3 Å². The Hall–Kier alpha value is -1.51. The molecule has 0 radical (unpaired) electrons. The Morgan fingerprint density at radius 2 is 2.14 bits per heavy atom. The summed E-state index contributed by atoms with van der Waals surface area (Å²) in [5, 5.41) is 14.0. The summed E-state index contributed by atoms with van der Waals surface area (Å²) >= 11 is 0. The maximum Gasteiger partial charge on any atom is 0.270 e. The predicted molar refractivity (Wildman–Crippen MR) is 78.7 cm³/mol. The van der Waals surface area contributed by atoms with Crippen molar-refractivity contribution in [1.29, 1.82) is 0 Å². The lowest BCUT2D eigenvalue weighted by Gasteiger charge is -2.31. The summed E-state index contributed by atoms with van der Waals surface area (Å²) in [6.07, 6.45) is 1.70. The molecule has 1 unspecified atom stereocenters. The number of hydrogen-bond donors (Lipinski definition) is 1. The molecule has 1 aliphatic rings. The van der Waals surface area contributed by atoms with Crippen LogP contribution in [0.15, 0.2) is 23.1 Å². The van der Waals surface area contributed by atoms with Crippen molar-refractivity contribution in [2.24, 2.45) is 0 Å². The Balaban J connectivity index is 2.38. The summed E-state index contributed by atoms with van der Waals surface area (Å²) in [5.41, 5.74) is 0.297. The first-order valence-electron chi connectivity index (χ1n) is 6.78. The van der Waals surface area contributed by atoms with E-state index in [1.807, 2.05) is 0 Å². The molecule has 1 fully saturated rings. The van der Waals surface area contributed by atoms with Gasteiger partial charge in [0, 0.05) is 31.8 Å². The van der Waals surface area contributed by atoms with Crippen molar-refractivity contribution in [3.63, 3.8) is 0 Å². The van der Waals surface area contributed by atoms with Crippen molar-refractivity contribution in [3.8, 4) is 0 Å². The largest absolute Gasteiger partial charge is 0.315 e. The lowest BCUT2D eigenvalue weighted by molar-refractivity contribution is -0.385. The Morgan fingerprint density at radius 3 is 2.71 bits per heavy atom. The van der Waals surface area contributed by atoms with Gasteiger partial charge in [-0.1, -0.05) is 6.07 Å². The average molecular weight is 313 g/mol. The molecule has 0 spiro atoms. The van der Waals surface area contributed by atoms with Gasteiger partial charge in [-0.3, -0.25) is 10.1 Å². The predicted octanol–water partition coefficient (Wildman–Crippen LogP) is 1.28. The molecule has 1 aliphatic heterocycles. The third kappa shape index (κ3) is 3.22. The van der Waals surface area contributed by atoms with Gasteiger partial charge in [-0.15, -0.1) is 0 Å². The summed E-state index contributed by atoms with van der Waals surface area (Å²) in [4.78, 5) is 10.3. The summed E-state index contributed by atoms with van der Waals surface area (Å²) in [6, 6.07) is 3.80. The van der Waals surface area contributed by atoms with Crippen LogP contribution in [0.1, 0.15) is 18.4 Å². The summed E-state index contributed by atoms with van der Waals surface area (Å²) in [5.74, 6) is 0. The van der Waals surface area contributed by atoms with Crippen LogP contribution >= 0.6 is 0 Å². The lowest BCUT2D eigenvalue weighted by Crippen LogP contribution is -2.46. The second kappa shape index (κ2) is 6.08. The first kappa shape index (κ1) is 15.9. The van der Waals surface area contributed by atoms with Crippen LogP contribution < -0.4 is 5.32 Å². The Morgan fingerprint density at radius 1 is 1.43 bits per heavy atom. The van der Waals surface area contributed by atoms with E-state index >= 15 is 0 Å². The van der Waals surface area contributed by atoms with Crippen LogP contribution in [-0.2, 0) is 10.0 Å². The fourth-order valence-corrected chi connectivity index (χ4v) is 4.10. The maximum atomic E-state index is 12.7. The van der Waals surface area contributed by atoms with Gasteiger partial charge in [-0.05, 0) is 31.9 Å². The van der Waals surface area contributed by atoms with Crippen LogP contribution in [0.4, 0.5) is 5.69 Å². The minimum absolute atomic E-state index is 0.00442. The van der Waals surface area contributed by atoms with Crippen molar-refractivity contribution in [3.05, 3.63) is 33.9 Å². The topological polar surface area (TPSA) is 92.5 Å². The summed E-state index contributed by atoms with van der Waals surface area (Å²) in [6.45, 7) is 3.13. The zero-order chi connectivity index (χ0) is 15.6. The lowest BCUT2D eigenvalue weighted by atomic mass is 10.1. The van der Waals surface area contributed by atoms with Crippen LogP contribution in [0.2, 0.25) is 0 Å². The molecule has 1 heterocycles. The monoisotopic (exact) mass is 313 g/mol. The second-order valence-electron chi connectivity index (χ2n) is 5.23. The smallest absolute Gasteiger partial charge is 0.270 e. The average Bonchev–Trinajstić information content (AvgIpc) is 2.47. The van der Waals surface area contributed by atoms with E-state index in [0.717, 1.165) is 25.5 Å². The fourth-order valence-electron chi connectivity index (χ4n) is 2.48. The zero-order valence-electron chi connectivity index (χ0n) is 12.1. The normalized spacial score (nSPS) is 19.7. The van der Waals surface area contributed by atoms with Crippen LogP contribution in [-0.4, -0.2) is 43.8 Å². The molecule has 0 bridgehead atoms. The number of nitrogens with zero attached hydrogens (tertiary/aromatic N) is 2. The third-order valence-corrected chi connectivity index (χ3v) is 5.88. The van der Waals surface area contributed by atoms with E-state index < -0.39 is 14.9 Å². The van der Waals surface area contributed by atoms with Gasteiger partial charge in [0.2, 0.25) is 10.0 Å². The van der Waals surface area contributed by atoms with Crippen molar-refractivity contribution >= 4 is 15.7 Å². The van der Waals surface area contributed by atoms with E-state index in [9.17, 15) is 18.5 Å². The van der Waals surface area contributed by atoms with Gasteiger partial charge in [-0.25, -0.2) is 8.42 Å². The molecule has 1 aromatic rings. The SMILES string of the molecule is Cc1ccc([N+](=O)[O-])cc1S(=O)(=O)N(C)C1CCCNC1. The number of nitro groups is 1. The van der Waals surface area contributed by atoms with Crippen LogP contribution in [0.25, 0.3) is 0 Å². The standard InChI is InChI=1S/C13H19N3O4S/c1-10-5-6-11(16(17)18)8-13(10)21(19,20)15(2)12-4-3-7-14-9-12/h5-6,8,12,14H,3-4,7,9H2,1-2H3. The van der Waals surface area contributed by atoms with Crippen molar-refractivity contribution in [2.75, 3.05) is 20.1 Å². The molecule has 7 nitrogen and oxygen atoms in total. The van der Waals surface area contributed by atoms with E-state index in [0.29, 0.717) is 12.1 Å². The number of likely N-dealkylation sites (N-methyl/N-ethyl adjacent to an activating group) is 1. The summed E-state index contributed by atoms with van der Waals surface area (Å²) < 4.78 is 26.7. The van der Waals surface area contributed by atoms with Gasteiger partial charge in [0.15, 0.2) is 0 Å². The van der Waals surface area contributed by atoms with Gasteiger partial charge in [-0.2, -0.15) is 4.31 Å². The van der Waals surface area contributed by atoms with Gasteiger partial charge < -0.3 is 5.32 Å². The van der Waals surface area contributed by atoms with Crippen LogP contribution in [0, 0.1) is 17.0 Å². The van der Waals surface area contributed by atoms with E-state index in [1.54, 1.807) is 6.92 Å². The Labute approximate surface area is 124 Å². The van der Waals surface area contributed by atoms with Crippen LogP contribution in [0.3, 0.4) is 0 Å². The third-order valence-electron chi connectivity index (χ3n) is 3.82. The first-order chi connectivity index (χ1) is 9.84. The molecule has 8 heteroatoms. The number of aryl methyl sites for hydroxylation is 1. The highest BCUT2D eigenvalue weighted by molar-refractivity contribution is 7.89. The Kier molecular flexibility index (Phi) is 4.60. The minimum atomic E-state index is -3.74. The molecular weight excluding hydrogens is 294 g/mol. The van der Waals surface area contributed by atoms with E-state index in [4.69, 9.17) is 0 Å². The van der Waals surface area contributed by atoms with E-state index in [2.05, 4.69) is 5.32 Å². The number of nitro benzene ring substituents is 1. The molecule has 1 atom stereocenters. The first-order valence-corrected chi connectivity index (χ1v) is 8.22. The molecule has 1 saturated heterocycles. The molecule has 2 rings (SSSR count). The van der Waals surface area contributed by atoms with Gasteiger partial charge in [0.25, 0.3) is 5.69 Å². The molecule has 0 aliphatic carbocycles. The highest BCUT2D eigenvalue weighted by Crippen LogP contribution is 2.26. The van der Waals surface area contributed by atoms with E-state index in [-0.39, 0.29) is 16.6 Å². The quantitative estimate of drug-likeness (QED) is 0.667. The number of non-ortho nitro benzene ring substituents is 1. The number of rotatable bonds is 4. The molecule has 0 amide bonds. The van der Waals surface area contributed by atoms with Gasteiger partial charge in [0.05, 0.1) is 9.82 Å². The second-order valence-corrected chi connectivity index (χ2v) is 7.19. The highest BCUT2D eigenvalue weighted by Gasteiger charge is 2.31. The number of piperidine rings is 1. The molecule has 0 aromatic heterocycles. The van der Waals surface area contributed by atoms with Gasteiger partial charge in [0.1, 0.15) is 0 Å². The number of benzene rings is 1. The zero-order valence-corrected chi connectivity index (χ0v) is 12.9. The van der Waals surface area contributed by atoms with Crippen molar-refractivity contribution in [2.45, 2.75) is 30.7 Å². The maximum absolute atomic E-state index is 12.7. The van der Waals surface area contributed by atoms with Gasteiger partial charge >= 0.3 is 0 Å². The molecule has 0 saturated carbocycles. The summed E-state index contributed by atoms with van der Waals surface area (Å²) in [7, 11) is -2.20. The molecule has 1 N–H and O–H groups in total. The fraction of sp³-hybridized carbons (Fsp3) is 0.538. The molecule has 21 heavy (non-hydrogen) atoms. The van der Waals surface area contributed by atoms with E-state index in [1.165, 1.54) is 23.5 Å². The van der Waals surface area contributed by atoms with Crippen molar-refractivity contribution in [1.82, 2.24) is 9.62 Å². The number of sulfonamides is 1. The number of hydrogen-bond acceptors (Lipinski definition) is 5. The molecule has 116 valence electrons. The van der Waals surface area contributed by atoms with Crippen LogP contribution in [0.5, 0.6) is 0 Å².